The first kappa shape index (κ1) is 19.8. The van der Waals surface area contributed by atoms with Crippen LogP contribution in [-0.2, 0) is 4.79 Å². The fraction of sp³-hybridized carbons (Fsp3) is 0.0417. The summed E-state index contributed by atoms with van der Waals surface area (Å²) in [6.07, 6.45) is 1.61. The van der Waals surface area contributed by atoms with E-state index in [1.165, 1.54) is 6.92 Å². The third kappa shape index (κ3) is 5.49. The summed E-state index contributed by atoms with van der Waals surface area (Å²) in [4.78, 5) is 36.8. The number of ketones is 1. The van der Waals surface area contributed by atoms with Crippen molar-refractivity contribution in [3.8, 4) is 0 Å². The molecule has 3 rings (SSSR count). The molecule has 0 saturated carbocycles. The van der Waals surface area contributed by atoms with Crippen LogP contribution in [0.25, 0.3) is 6.08 Å². The van der Waals surface area contributed by atoms with Gasteiger partial charge in [-0.2, -0.15) is 0 Å². The van der Waals surface area contributed by atoms with Crippen LogP contribution in [0.3, 0.4) is 0 Å². The number of nitrogens with one attached hydrogen (secondary N) is 2. The van der Waals surface area contributed by atoms with Crippen molar-refractivity contribution in [1.82, 2.24) is 5.32 Å². The molecule has 0 spiro atoms. The molecular weight excluding hydrogens is 364 g/mol. The van der Waals surface area contributed by atoms with E-state index in [1.54, 1.807) is 54.6 Å². The van der Waals surface area contributed by atoms with Crippen molar-refractivity contribution < 1.29 is 14.4 Å². The van der Waals surface area contributed by atoms with Gasteiger partial charge in [0.05, 0.1) is 0 Å². The van der Waals surface area contributed by atoms with Gasteiger partial charge in [-0.3, -0.25) is 14.4 Å². The molecule has 2 N–H and O–H groups in total. The van der Waals surface area contributed by atoms with Crippen molar-refractivity contribution in [1.29, 1.82) is 0 Å². The Bertz CT molecular complexity index is 1040. The van der Waals surface area contributed by atoms with E-state index in [0.717, 1.165) is 5.56 Å². The Balaban J connectivity index is 1.84. The van der Waals surface area contributed by atoms with E-state index in [1.807, 2.05) is 36.4 Å². The SMILES string of the molecule is CC(=O)c1ccc(NC(=O)/C(=C\c2ccccc2)NC(=O)c2ccccc2)cc1. The number of hydrogen-bond acceptors (Lipinski definition) is 3. The second-order valence-corrected chi connectivity index (χ2v) is 6.38. The molecule has 5 heteroatoms. The molecule has 0 fully saturated rings. The lowest BCUT2D eigenvalue weighted by molar-refractivity contribution is -0.113. The molecule has 144 valence electrons. The monoisotopic (exact) mass is 384 g/mol. The smallest absolute Gasteiger partial charge is 0.272 e. The minimum atomic E-state index is -0.464. The lowest BCUT2D eigenvalue weighted by Gasteiger charge is -2.11. The predicted octanol–water partition coefficient (Wildman–Crippen LogP) is 4.30. The molecular formula is C24H20N2O3. The Kier molecular flexibility index (Phi) is 6.32. The molecule has 0 heterocycles. The van der Waals surface area contributed by atoms with Gasteiger partial charge in [0, 0.05) is 16.8 Å². The molecule has 0 aromatic heterocycles. The second-order valence-electron chi connectivity index (χ2n) is 6.38. The van der Waals surface area contributed by atoms with Gasteiger partial charge in [0.2, 0.25) is 0 Å². The van der Waals surface area contributed by atoms with Crippen LogP contribution in [0.1, 0.15) is 33.2 Å². The van der Waals surface area contributed by atoms with Crippen LogP contribution < -0.4 is 10.6 Å². The Hall–Kier alpha value is -3.99. The summed E-state index contributed by atoms with van der Waals surface area (Å²) in [6.45, 7) is 1.48. The molecule has 0 unspecified atom stereocenters. The number of amides is 2. The molecule has 0 atom stereocenters. The Morgan fingerprint density at radius 3 is 1.90 bits per heavy atom. The van der Waals surface area contributed by atoms with Crippen molar-refractivity contribution in [2.75, 3.05) is 5.32 Å². The molecule has 5 nitrogen and oxygen atoms in total. The number of benzene rings is 3. The molecule has 0 aliphatic carbocycles. The maximum atomic E-state index is 12.8. The molecule has 0 aliphatic heterocycles. The summed E-state index contributed by atoms with van der Waals surface area (Å²) in [7, 11) is 0. The number of anilines is 1. The predicted molar refractivity (Wildman–Crippen MR) is 113 cm³/mol. The van der Waals surface area contributed by atoms with Gasteiger partial charge < -0.3 is 10.6 Å². The van der Waals surface area contributed by atoms with Gasteiger partial charge in [-0.15, -0.1) is 0 Å². The summed E-state index contributed by atoms with van der Waals surface area (Å²) < 4.78 is 0. The lowest BCUT2D eigenvalue weighted by atomic mass is 10.1. The third-order valence-corrected chi connectivity index (χ3v) is 4.19. The lowest BCUT2D eigenvalue weighted by Crippen LogP contribution is -2.30. The van der Waals surface area contributed by atoms with E-state index in [0.29, 0.717) is 16.8 Å². The first-order valence-corrected chi connectivity index (χ1v) is 9.08. The van der Waals surface area contributed by atoms with Gasteiger partial charge in [-0.05, 0) is 55.0 Å². The van der Waals surface area contributed by atoms with Crippen molar-refractivity contribution in [3.63, 3.8) is 0 Å². The maximum Gasteiger partial charge on any atom is 0.272 e. The number of carbonyl (C=O) groups excluding carboxylic acids is 3. The molecule has 0 radical (unpaired) electrons. The van der Waals surface area contributed by atoms with E-state index in [2.05, 4.69) is 10.6 Å². The van der Waals surface area contributed by atoms with E-state index < -0.39 is 5.91 Å². The molecule has 29 heavy (non-hydrogen) atoms. The van der Waals surface area contributed by atoms with Gasteiger partial charge in [0.15, 0.2) is 5.78 Å². The number of hydrogen-bond donors (Lipinski definition) is 2. The van der Waals surface area contributed by atoms with Gasteiger partial charge >= 0.3 is 0 Å². The van der Waals surface area contributed by atoms with Crippen molar-refractivity contribution in [3.05, 3.63) is 107 Å². The molecule has 0 saturated heterocycles. The Morgan fingerprint density at radius 1 is 0.724 bits per heavy atom. The van der Waals surface area contributed by atoms with Crippen LogP contribution in [0, 0.1) is 0 Å². The van der Waals surface area contributed by atoms with Gasteiger partial charge in [0.25, 0.3) is 11.8 Å². The summed E-state index contributed by atoms with van der Waals surface area (Å²) in [6, 6.07) is 24.5. The summed E-state index contributed by atoms with van der Waals surface area (Å²) in [5, 5.41) is 5.44. The van der Waals surface area contributed by atoms with Crippen LogP contribution in [0.15, 0.2) is 90.6 Å². The number of carbonyl (C=O) groups is 3. The van der Waals surface area contributed by atoms with Crippen molar-refractivity contribution in [2.45, 2.75) is 6.92 Å². The van der Waals surface area contributed by atoms with Gasteiger partial charge in [0.1, 0.15) is 5.70 Å². The number of rotatable bonds is 6. The zero-order valence-corrected chi connectivity index (χ0v) is 15.9. The Morgan fingerprint density at radius 2 is 1.31 bits per heavy atom. The second kappa shape index (κ2) is 9.28. The fourth-order valence-electron chi connectivity index (χ4n) is 2.65. The largest absolute Gasteiger partial charge is 0.321 e. The van der Waals surface area contributed by atoms with Crippen molar-refractivity contribution in [2.24, 2.45) is 0 Å². The molecule has 0 bridgehead atoms. The maximum absolute atomic E-state index is 12.8. The first-order chi connectivity index (χ1) is 14.0. The van der Waals surface area contributed by atoms with E-state index in [4.69, 9.17) is 0 Å². The quantitative estimate of drug-likeness (QED) is 0.491. The first-order valence-electron chi connectivity index (χ1n) is 9.08. The highest BCUT2D eigenvalue weighted by Gasteiger charge is 2.15. The van der Waals surface area contributed by atoms with E-state index in [9.17, 15) is 14.4 Å². The highest BCUT2D eigenvalue weighted by molar-refractivity contribution is 6.10. The minimum Gasteiger partial charge on any atom is -0.321 e. The van der Waals surface area contributed by atoms with Crippen LogP contribution >= 0.6 is 0 Å². The molecule has 0 aliphatic rings. The average Bonchev–Trinajstić information content (AvgIpc) is 2.75. The third-order valence-electron chi connectivity index (χ3n) is 4.19. The minimum absolute atomic E-state index is 0.0531. The number of Topliss-reactive ketones (excluding diaryl/α,β-unsaturated/α-hetero) is 1. The average molecular weight is 384 g/mol. The Labute approximate surface area is 169 Å². The summed E-state index contributed by atoms with van der Waals surface area (Å²) in [5.41, 5.74) is 2.41. The standard InChI is InChI=1S/C24H20N2O3/c1-17(27)19-12-14-21(15-13-19)25-24(29)22(16-18-8-4-2-5-9-18)26-23(28)20-10-6-3-7-11-20/h2-16H,1H3,(H,25,29)(H,26,28)/b22-16+. The molecule has 3 aromatic carbocycles. The van der Waals surface area contributed by atoms with Crippen LogP contribution in [0.5, 0.6) is 0 Å². The highest BCUT2D eigenvalue weighted by Crippen LogP contribution is 2.13. The summed E-state index contributed by atoms with van der Waals surface area (Å²) >= 11 is 0. The van der Waals surface area contributed by atoms with E-state index >= 15 is 0 Å². The molecule has 3 aromatic rings. The van der Waals surface area contributed by atoms with E-state index in [-0.39, 0.29) is 17.4 Å². The topological polar surface area (TPSA) is 75.3 Å². The van der Waals surface area contributed by atoms with Crippen LogP contribution in [0.4, 0.5) is 5.69 Å². The van der Waals surface area contributed by atoms with Crippen molar-refractivity contribution >= 4 is 29.4 Å². The zero-order valence-electron chi connectivity index (χ0n) is 15.9. The zero-order chi connectivity index (χ0) is 20.6. The van der Waals surface area contributed by atoms with Crippen LogP contribution in [-0.4, -0.2) is 17.6 Å². The summed E-state index contributed by atoms with van der Waals surface area (Å²) in [5.74, 6) is -0.897. The van der Waals surface area contributed by atoms with Gasteiger partial charge in [-0.1, -0.05) is 48.5 Å². The van der Waals surface area contributed by atoms with Gasteiger partial charge in [-0.25, -0.2) is 0 Å². The molecule has 2 amide bonds. The normalized spacial score (nSPS) is 10.9. The highest BCUT2D eigenvalue weighted by atomic mass is 16.2. The van der Waals surface area contributed by atoms with Crippen LogP contribution in [0.2, 0.25) is 0 Å². The fourth-order valence-corrected chi connectivity index (χ4v) is 2.65.